The van der Waals surface area contributed by atoms with Crippen molar-refractivity contribution in [2.45, 2.75) is 20.8 Å². The third kappa shape index (κ3) is 4.15. The van der Waals surface area contributed by atoms with Crippen molar-refractivity contribution < 1.29 is 0 Å². The molecular weight excluding hydrogens is 130 g/mol. The summed E-state index contributed by atoms with van der Waals surface area (Å²) < 4.78 is 0. The molecule has 0 rings (SSSR count). The van der Waals surface area contributed by atoms with Crippen LogP contribution in [0.4, 0.5) is 0 Å². The van der Waals surface area contributed by atoms with Crippen LogP contribution >= 0.6 is 12.2 Å². The van der Waals surface area contributed by atoms with Gasteiger partial charge in [-0.2, -0.15) is 0 Å². The lowest BCUT2D eigenvalue weighted by Crippen LogP contribution is -2.06. The largest absolute Gasteiger partial charge is 0.402 e. The van der Waals surface area contributed by atoms with Crippen LogP contribution in [0, 0.1) is 5.92 Å². The van der Waals surface area contributed by atoms with Crippen molar-refractivity contribution in [1.29, 1.82) is 0 Å². The van der Waals surface area contributed by atoms with E-state index in [1.54, 1.807) is 0 Å². The minimum Gasteiger partial charge on any atom is -0.402 e. The molecule has 0 saturated heterocycles. The molecule has 9 heavy (non-hydrogen) atoms. The van der Waals surface area contributed by atoms with E-state index in [-0.39, 0.29) is 0 Å². The van der Waals surface area contributed by atoms with Gasteiger partial charge in [-0.15, -0.1) is 0 Å². The Hall–Kier alpha value is -0.370. The van der Waals surface area contributed by atoms with E-state index in [9.17, 15) is 0 Å². The number of thiocarbonyl (C=S) groups is 1. The first-order valence-electron chi connectivity index (χ1n) is 3.01. The number of allylic oxidation sites excluding steroid dienone is 2. The summed E-state index contributed by atoms with van der Waals surface area (Å²) in [5, 5.41) is 0. The van der Waals surface area contributed by atoms with Crippen LogP contribution in [0.3, 0.4) is 0 Å². The van der Waals surface area contributed by atoms with Gasteiger partial charge in [0, 0.05) is 10.6 Å². The maximum Gasteiger partial charge on any atom is 0.0138 e. The van der Waals surface area contributed by atoms with E-state index in [2.05, 4.69) is 0 Å². The van der Waals surface area contributed by atoms with E-state index in [1.165, 1.54) is 0 Å². The van der Waals surface area contributed by atoms with Crippen molar-refractivity contribution in [2.75, 3.05) is 0 Å². The van der Waals surface area contributed by atoms with Gasteiger partial charge in [0.05, 0.1) is 0 Å². The summed E-state index contributed by atoms with van der Waals surface area (Å²) in [4.78, 5) is 0.848. The predicted octanol–water partition coefficient (Wildman–Crippen LogP) is 1.87. The minimum absolute atomic E-state index is 0.405. The third-order valence-electron chi connectivity index (χ3n) is 1.04. The van der Waals surface area contributed by atoms with Crippen LogP contribution in [-0.2, 0) is 0 Å². The summed E-state index contributed by atoms with van der Waals surface area (Å²) in [5.74, 6) is 0.405. The van der Waals surface area contributed by atoms with Gasteiger partial charge in [-0.05, 0) is 18.9 Å². The Kier molecular flexibility index (Phi) is 3.47. The fourth-order valence-electron chi connectivity index (χ4n) is 0.401. The molecule has 0 spiro atoms. The van der Waals surface area contributed by atoms with Crippen LogP contribution in [0.1, 0.15) is 20.8 Å². The predicted molar refractivity (Wildman–Crippen MR) is 45.4 cm³/mol. The van der Waals surface area contributed by atoms with Crippen LogP contribution in [0.15, 0.2) is 11.8 Å². The fourth-order valence-corrected chi connectivity index (χ4v) is 0.537. The average Bonchev–Trinajstić information content (AvgIpc) is 1.63. The molecule has 0 aliphatic heterocycles. The second kappa shape index (κ2) is 3.62. The SMILES string of the molecule is CC(=S)C=C(N)C(C)C. The number of rotatable bonds is 2. The van der Waals surface area contributed by atoms with Gasteiger partial charge in [0.25, 0.3) is 0 Å². The maximum absolute atomic E-state index is 5.59. The molecule has 0 fully saturated rings. The zero-order valence-electron chi connectivity index (χ0n) is 6.14. The first-order valence-corrected chi connectivity index (χ1v) is 3.42. The van der Waals surface area contributed by atoms with Gasteiger partial charge in [-0.3, -0.25) is 0 Å². The molecule has 0 atom stereocenters. The average molecular weight is 143 g/mol. The van der Waals surface area contributed by atoms with E-state index in [0.717, 1.165) is 10.6 Å². The number of nitrogens with two attached hydrogens (primary N) is 1. The molecule has 2 N–H and O–H groups in total. The van der Waals surface area contributed by atoms with E-state index < -0.39 is 0 Å². The summed E-state index contributed by atoms with van der Waals surface area (Å²) in [7, 11) is 0. The van der Waals surface area contributed by atoms with E-state index >= 15 is 0 Å². The lowest BCUT2D eigenvalue weighted by atomic mass is 10.1. The van der Waals surface area contributed by atoms with Crippen molar-refractivity contribution in [1.82, 2.24) is 0 Å². The molecule has 0 aromatic rings. The highest BCUT2D eigenvalue weighted by Gasteiger charge is 1.95. The molecule has 0 heterocycles. The summed E-state index contributed by atoms with van der Waals surface area (Å²) in [6.45, 7) is 5.96. The summed E-state index contributed by atoms with van der Waals surface area (Å²) in [6, 6.07) is 0. The summed E-state index contributed by atoms with van der Waals surface area (Å²) in [5.41, 5.74) is 6.45. The first kappa shape index (κ1) is 8.63. The Morgan fingerprint density at radius 1 is 1.56 bits per heavy atom. The molecule has 0 aromatic heterocycles. The van der Waals surface area contributed by atoms with Gasteiger partial charge in [-0.1, -0.05) is 26.1 Å². The lowest BCUT2D eigenvalue weighted by Gasteiger charge is -2.02. The number of hydrogen-bond acceptors (Lipinski definition) is 2. The zero-order valence-corrected chi connectivity index (χ0v) is 6.96. The Morgan fingerprint density at radius 3 is 2.11 bits per heavy atom. The van der Waals surface area contributed by atoms with Crippen molar-refractivity contribution in [3.63, 3.8) is 0 Å². The highest BCUT2D eigenvalue weighted by molar-refractivity contribution is 7.80. The Balaban J connectivity index is 4.00. The second-order valence-electron chi connectivity index (χ2n) is 2.41. The molecule has 0 aromatic carbocycles. The normalized spacial score (nSPS) is 12.2. The van der Waals surface area contributed by atoms with Crippen LogP contribution in [0.2, 0.25) is 0 Å². The van der Waals surface area contributed by atoms with Gasteiger partial charge >= 0.3 is 0 Å². The molecule has 0 aliphatic rings. The van der Waals surface area contributed by atoms with Crippen LogP contribution in [-0.4, -0.2) is 4.86 Å². The van der Waals surface area contributed by atoms with Crippen molar-refractivity contribution in [3.8, 4) is 0 Å². The van der Waals surface area contributed by atoms with E-state index in [1.807, 2.05) is 26.8 Å². The van der Waals surface area contributed by atoms with Crippen LogP contribution < -0.4 is 5.73 Å². The second-order valence-corrected chi connectivity index (χ2v) is 3.05. The molecule has 0 bridgehead atoms. The van der Waals surface area contributed by atoms with E-state index in [0.29, 0.717) is 5.92 Å². The van der Waals surface area contributed by atoms with Crippen LogP contribution in [0.5, 0.6) is 0 Å². The Bertz CT molecular complexity index is 136. The monoisotopic (exact) mass is 143 g/mol. The minimum atomic E-state index is 0.405. The molecule has 0 aliphatic carbocycles. The van der Waals surface area contributed by atoms with Crippen molar-refractivity contribution in [2.24, 2.45) is 11.7 Å². The fraction of sp³-hybridized carbons (Fsp3) is 0.571. The lowest BCUT2D eigenvalue weighted by molar-refractivity contribution is 0.759. The molecular formula is C7H13NS. The molecule has 52 valence electrons. The number of hydrogen-bond donors (Lipinski definition) is 1. The molecule has 0 unspecified atom stereocenters. The Labute approximate surface area is 61.9 Å². The standard InChI is InChI=1S/C7H13NS/c1-5(2)7(8)4-6(3)9/h4-5H,8H2,1-3H3. The van der Waals surface area contributed by atoms with Gasteiger partial charge in [0.1, 0.15) is 0 Å². The Morgan fingerprint density at radius 2 is 2.00 bits per heavy atom. The van der Waals surface area contributed by atoms with Gasteiger partial charge < -0.3 is 5.73 Å². The van der Waals surface area contributed by atoms with Crippen molar-refractivity contribution in [3.05, 3.63) is 11.8 Å². The third-order valence-corrected chi connectivity index (χ3v) is 1.15. The van der Waals surface area contributed by atoms with Crippen molar-refractivity contribution >= 4 is 17.1 Å². The zero-order chi connectivity index (χ0) is 7.44. The smallest absolute Gasteiger partial charge is 0.0138 e. The maximum atomic E-state index is 5.59. The highest BCUT2D eigenvalue weighted by atomic mass is 32.1. The molecule has 0 saturated carbocycles. The van der Waals surface area contributed by atoms with Gasteiger partial charge in [0.15, 0.2) is 0 Å². The summed E-state index contributed by atoms with van der Waals surface area (Å²) >= 11 is 4.83. The molecule has 1 nitrogen and oxygen atoms in total. The topological polar surface area (TPSA) is 26.0 Å². The van der Waals surface area contributed by atoms with Crippen LogP contribution in [0.25, 0.3) is 0 Å². The quantitative estimate of drug-likeness (QED) is 0.472. The summed E-state index contributed by atoms with van der Waals surface area (Å²) in [6.07, 6.45) is 1.83. The van der Waals surface area contributed by atoms with E-state index in [4.69, 9.17) is 18.0 Å². The molecule has 0 radical (unpaired) electrons. The van der Waals surface area contributed by atoms with Gasteiger partial charge in [-0.25, -0.2) is 0 Å². The van der Waals surface area contributed by atoms with Gasteiger partial charge in [0.2, 0.25) is 0 Å². The molecule has 2 heteroatoms. The highest BCUT2D eigenvalue weighted by Crippen LogP contribution is 2.01. The first-order chi connectivity index (χ1) is 4.04. The molecule has 0 amide bonds.